The van der Waals surface area contributed by atoms with Crippen molar-refractivity contribution in [3.05, 3.63) is 54.4 Å². The van der Waals surface area contributed by atoms with Crippen LogP contribution in [0.25, 0.3) is 22.3 Å². The predicted octanol–water partition coefficient (Wildman–Crippen LogP) is 1.57. The van der Waals surface area contributed by atoms with Gasteiger partial charge in [0.15, 0.2) is 5.60 Å². The summed E-state index contributed by atoms with van der Waals surface area (Å²) in [6.07, 6.45) is 0.766. The van der Waals surface area contributed by atoms with E-state index in [-0.39, 0.29) is 48.1 Å². The zero-order valence-electron chi connectivity index (χ0n) is 20.1. The van der Waals surface area contributed by atoms with Crippen LogP contribution < -0.4 is 11.3 Å². The van der Waals surface area contributed by atoms with Gasteiger partial charge in [-0.1, -0.05) is 6.92 Å². The summed E-state index contributed by atoms with van der Waals surface area (Å²) < 4.78 is 7.64. The van der Waals surface area contributed by atoms with E-state index in [0.29, 0.717) is 42.1 Å². The number of nitrogens with zero attached hydrogens (tertiary/aromatic N) is 3. The van der Waals surface area contributed by atoms with Crippen LogP contribution in [0.3, 0.4) is 0 Å². The number of anilines is 1. The van der Waals surface area contributed by atoms with Gasteiger partial charge in [-0.15, -0.1) is 0 Å². The maximum Gasteiger partial charge on any atom is 0.343 e. The van der Waals surface area contributed by atoms with Crippen LogP contribution in [0.2, 0.25) is 0 Å². The monoisotopic (exact) mass is 616 g/mol. The maximum atomic E-state index is 13.6. The van der Waals surface area contributed by atoms with E-state index < -0.39 is 18.2 Å². The van der Waals surface area contributed by atoms with Gasteiger partial charge in [0.1, 0.15) is 13.2 Å². The highest BCUT2D eigenvalue weighted by molar-refractivity contribution is 14.1. The molecule has 10 nitrogen and oxygen atoms in total. The first kappa shape index (κ1) is 24.3. The summed E-state index contributed by atoms with van der Waals surface area (Å²) in [5.41, 5.74) is 8.93. The Morgan fingerprint density at radius 2 is 2.08 bits per heavy atom. The van der Waals surface area contributed by atoms with Gasteiger partial charge in [-0.25, -0.2) is 9.78 Å². The second-order valence-electron chi connectivity index (χ2n) is 9.83. The molecule has 3 aromatic rings. The number of nitrogens with two attached hydrogens (primary N) is 1. The number of halogens is 1. The number of carbonyl (C=O) groups is 2. The molecule has 5 heterocycles. The molecule has 0 aliphatic carbocycles. The molecule has 1 fully saturated rings. The molecule has 0 bridgehead atoms. The summed E-state index contributed by atoms with van der Waals surface area (Å²) in [6.45, 7) is 2.17. The Morgan fingerprint density at radius 3 is 2.81 bits per heavy atom. The Labute approximate surface area is 225 Å². The highest BCUT2D eigenvalue weighted by Crippen LogP contribution is 2.44. The number of hydrogen-bond acceptors (Lipinski definition) is 8. The van der Waals surface area contributed by atoms with Crippen molar-refractivity contribution in [2.45, 2.75) is 44.4 Å². The van der Waals surface area contributed by atoms with Gasteiger partial charge in [-0.2, -0.15) is 0 Å². The first-order chi connectivity index (χ1) is 17.7. The van der Waals surface area contributed by atoms with Crippen molar-refractivity contribution < 1.29 is 24.5 Å². The molecule has 4 N–H and O–H groups in total. The number of aromatic nitrogens is 2. The normalized spacial score (nSPS) is 22.1. The number of aliphatic hydroxyl groups excluding tert-OH is 1. The smallest absolute Gasteiger partial charge is 0.343 e. The number of ether oxygens (including phenoxy) is 1. The molecular weight excluding hydrogens is 591 g/mol. The summed E-state index contributed by atoms with van der Waals surface area (Å²) in [7, 11) is 0. The standard InChI is InChI=1S/C26H25IN4O6/c1-2-26(36)16-6-20-23-14(9-31(20)24(34)15(16)11-37-25(26)35)22(12-3-4-30(8-12)21(33)10-32)13-5-18(28)17(27)7-19(13)29-23/h5-7,12,32,36H,2-4,8-11,28H2,1H3/t12?,26-/m0/s1. The Morgan fingerprint density at radius 1 is 1.30 bits per heavy atom. The summed E-state index contributed by atoms with van der Waals surface area (Å²) in [4.78, 5) is 44.9. The van der Waals surface area contributed by atoms with Gasteiger partial charge in [0, 0.05) is 44.8 Å². The third-order valence-corrected chi connectivity index (χ3v) is 8.87. The van der Waals surface area contributed by atoms with E-state index in [1.807, 2.05) is 12.1 Å². The second-order valence-corrected chi connectivity index (χ2v) is 11.0. The van der Waals surface area contributed by atoms with Gasteiger partial charge < -0.3 is 30.2 Å². The van der Waals surface area contributed by atoms with Crippen LogP contribution in [0.4, 0.5) is 5.69 Å². The highest BCUT2D eigenvalue weighted by Gasteiger charge is 2.45. The van der Waals surface area contributed by atoms with Gasteiger partial charge in [0.2, 0.25) is 5.91 Å². The zero-order chi connectivity index (χ0) is 26.2. The summed E-state index contributed by atoms with van der Waals surface area (Å²) in [6, 6.07) is 5.50. The number of benzene rings is 1. The lowest BCUT2D eigenvalue weighted by molar-refractivity contribution is -0.172. The summed E-state index contributed by atoms with van der Waals surface area (Å²) in [5.74, 6) is -1.12. The number of likely N-dealkylation sites (tertiary alicyclic amines) is 1. The molecule has 0 saturated carbocycles. The molecule has 1 unspecified atom stereocenters. The molecule has 37 heavy (non-hydrogen) atoms. The van der Waals surface area contributed by atoms with Gasteiger partial charge in [0.05, 0.1) is 29.0 Å². The predicted molar refractivity (Wildman–Crippen MR) is 143 cm³/mol. The average Bonchev–Trinajstić information content (AvgIpc) is 3.51. The lowest BCUT2D eigenvalue weighted by Gasteiger charge is -2.31. The molecule has 3 aliphatic heterocycles. The number of rotatable bonds is 3. The van der Waals surface area contributed by atoms with E-state index in [1.165, 1.54) is 0 Å². The minimum atomic E-state index is -1.90. The fourth-order valence-electron chi connectivity index (χ4n) is 5.94. The van der Waals surface area contributed by atoms with Crippen LogP contribution >= 0.6 is 22.6 Å². The van der Waals surface area contributed by atoms with E-state index >= 15 is 0 Å². The Balaban J connectivity index is 1.60. The minimum Gasteiger partial charge on any atom is -0.458 e. The van der Waals surface area contributed by atoms with Gasteiger partial charge in [0.25, 0.3) is 5.56 Å². The second kappa shape index (κ2) is 8.50. The maximum absolute atomic E-state index is 13.6. The zero-order valence-corrected chi connectivity index (χ0v) is 22.2. The number of nitrogen functional groups attached to an aromatic ring is 1. The molecule has 1 saturated heterocycles. The molecule has 3 aliphatic rings. The van der Waals surface area contributed by atoms with E-state index in [1.54, 1.807) is 22.5 Å². The van der Waals surface area contributed by atoms with Gasteiger partial charge in [-0.05, 0) is 59.2 Å². The summed E-state index contributed by atoms with van der Waals surface area (Å²) >= 11 is 2.16. The van der Waals surface area contributed by atoms with Crippen LogP contribution in [0.5, 0.6) is 0 Å². The molecular formula is C26H25IN4O6. The molecule has 2 aromatic heterocycles. The minimum absolute atomic E-state index is 0.0358. The SMILES string of the molecule is CC[C@@]1(O)C(=O)OCc2c1cc1n(c2=O)Cc2c-1nc1cc(I)c(N)cc1c2C1CCN(C(=O)CO)C1. The third-order valence-electron chi connectivity index (χ3n) is 7.93. The van der Waals surface area contributed by atoms with E-state index in [0.717, 1.165) is 20.1 Å². The number of carbonyl (C=O) groups excluding carboxylic acids is 2. The fourth-order valence-corrected chi connectivity index (χ4v) is 6.39. The topological polar surface area (TPSA) is 148 Å². The van der Waals surface area contributed by atoms with Crippen LogP contribution in [0, 0.1) is 3.57 Å². The number of amides is 1. The van der Waals surface area contributed by atoms with Crippen molar-refractivity contribution in [2.75, 3.05) is 25.4 Å². The van der Waals surface area contributed by atoms with E-state index in [2.05, 4.69) is 22.6 Å². The van der Waals surface area contributed by atoms with Crippen LogP contribution in [0.1, 0.15) is 47.9 Å². The first-order valence-corrected chi connectivity index (χ1v) is 13.2. The van der Waals surface area contributed by atoms with Crippen molar-refractivity contribution >= 4 is 51.1 Å². The van der Waals surface area contributed by atoms with Crippen molar-refractivity contribution in [2.24, 2.45) is 0 Å². The average molecular weight is 616 g/mol. The van der Waals surface area contributed by atoms with Crippen molar-refractivity contribution in [3.8, 4) is 11.4 Å². The number of cyclic esters (lactones) is 1. The Hall–Kier alpha value is -3.03. The van der Waals surface area contributed by atoms with Crippen LogP contribution in [-0.2, 0) is 33.1 Å². The molecule has 0 radical (unpaired) electrons. The highest BCUT2D eigenvalue weighted by atomic mass is 127. The number of pyridine rings is 2. The molecule has 6 rings (SSSR count). The lowest BCUT2D eigenvalue weighted by atomic mass is 9.85. The quantitative estimate of drug-likeness (QED) is 0.179. The Kier molecular flexibility index (Phi) is 5.58. The lowest BCUT2D eigenvalue weighted by Crippen LogP contribution is -2.44. The first-order valence-electron chi connectivity index (χ1n) is 12.1. The van der Waals surface area contributed by atoms with Crippen LogP contribution in [0.15, 0.2) is 23.0 Å². The molecule has 1 aromatic carbocycles. The van der Waals surface area contributed by atoms with Crippen LogP contribution in [-0.4, -0.2) is 56.2 Å². The third kappa shape index (κ3) is 3.43. The number of fused-ring (bicyclic) bond motifs is 5. The number of aliphatic hydroxyl groups is 2. The van der Waals surface area contributed by atoms with Gasteiger partial charge >= 0.3 is 5.97 Å². The van der Waals surface area contributed by atoms with Crippen molar-refractivity contribution in [1.29, 1.82) is 0 Å². The molecule has 0 spiro atoms. The molecule has 11 heteroatoms. The molecule has 2 atom stereocenters. The molecule has 192 valence electrons. The number of esters is 1. The van der Waals surface area contributed by atoms with E-state index in [9.17, 15) is 24.6 Å². The number of hydrogen-bond donors (Lipinski definition) is 3. The van der Waals surface area contributed by atoms with Crippen molar-refractivity contribution in [3.63, 3.8) is 0 Å². The summed E-state index contributed by atoms with van der Waals surface area (Å²) in [5, 5.41) is 21.4. The van der Waals surface area contributed by atoms with Crippen molar-refractivity contribution in [1.82, 2.24) is 14.5 Å². The molecule has 1 amide bonds. The van der Waals surface area contributed by atoms with E-state index in [4.69, 9.17) is 15.5 Å². The Bertz CT molecular complexity index is 1580. The fraction of sp³-hybridized carbons (Fsp3) is 0.385. The van der Waals surface area contributed by atoms with Gasteiger partial charge in [-0.3, -0.25) is 9.59 Å². The largest absolute Gasteiger partial charge is 0.458 e.